The summed E-state index contributed by atoms with van der Waals surface area (Å²) in [5.74, 6) is -1.19. The number of fused-ring (bicyclic) bond motifs is 1. The van der Waals surface area contributed by atoms with Crippen LogP contribution in [0.2, 0.25) is 0 Å². The molecule has 2 heterocycles. The normalized spacial score (nSPS) is 11.7. The second kappa shape index (κ2) is 6.74. The third kappa shape index (κ3) is 3.34. The molecule has 1 amide bonds. The maximum absolute atomic E-state index is 12.7. The molecule has 126 valence electrons. The van der Waals surface area contributed by atoms with Crippen LogP contribution in [0.3, 0.4) is 0 Å². The van der Waals surface area contributed by atoms with Crippen molar-refractivity contribution in [2.24, 2.45) is 0 Å². The van der Waals surface area contributed by atoms with Crippen LogP contribution in [-0.2, 0) is 21.2 Å². The number of hydrogen-bond donors (Lipinski definition) is 1. The zero-order valence-corrected chi connectivity index (χ0v) is 14.7. The molecule has 0 fully saturated rings. The minimum Gasteiger partial charge on any atom is -0.346 e. The van der Waals surface area contributed by atoms with Gasteiger partial charge in [0.05, 0.1) is 4.90 Å². The number of carbonyl (C=O) groups is 1. The predicted octanol–water partition coefficient (Wildman–Crippen LogP) is 2.92. The van der Waals surface area contributed by atoms with Crippen LogP contribution in [0.1, 0.15) is 13.3 Å². The zero-order valence-electron chi connectivity index (χ0n) is 13.1. The number of nitrogens with zero attached hydrogens (tertiary/aromatic N) is 2. The van der Waals surface area contributed by atoms with Crippen LogP contribution in [0.25, 0.3) is 10.9 Å². The van der Waals surface area contributed by atoms with Crippen molar-refractivity contribution >= 4 is 43.1 Å². The number of thiazole rings is 1. The van der Waals surface area contributed by atoms with E-state index in [4.69, 9.17) is 0 Å². The fourth-order valence-electron chi connectivity index (χ4n) is 2.58. The molecule has 3 rings (SSSR count). The average molecular weight is 363 g/mol. The van der Waals surface area contributed by atoms with Crippen LogP contribution in [-0.4, -0.2) is 29.6 Å². The van der Waals surface area contributed by atoms with Gasteiger partial charge in [-0.1, -0.05) is 25.1 Å². The molecule has 3 aromatic rings. The Labute approximate surface area is 144 Å². The minimum absolute atomic E-state index is 0.195. The Hall–Kier alpha value is -2.19. The fourth-order valence-corrected chi connectivity index (χ4v) is 4.49. The Bertz CT molecular complexity index is 960. The molecule has 0 saturated carbocycles. The first-order valence-electron chi connectivity index (χ1n) is 7.51. The molecule has 0 aliphatic rings. The number of sulfone groups is 1. The topological polar surface area (TPSA) is 81.1 Å². The van der Waals surface area contributed by atoms with Crippen LogP contribution in [0.4, 0.5) is 5.13 Å². The van der Waals surface area contributed by atoms with Gasteiger partial charge in [-0.25, -0.2) is 13.4 Å². The molecule has 0 aliphatic carbocycles. The predicted molar refractivity (Wildman–Crippen MR) is 95.0 cm³/mol. The number of para-hydroxylation sites is 1. The van der Waals surface area contributed by atoms with Gasteiger partial charge in [0.1, 0.15) is 5.75 Å². The molecular weight excluding hydrogens is 346 g/mol. The van der Waals surface area contributed by atoms with Crippen molar-refractivity contribution in [3.05, 3.63) is 42.0 Å². The van der Waals surface area contributed by atoms with Crippen molar-refractivity contribution in [1.82, 2.24) is 9.55 Å². The van der Waals surface area contributed by atoms with Gasteiger partial charge in [0.2, 0.25) is 5.91 Å². The lowest BCUT2D eigenvalue weighted by Crippen LogP contribution is -2.22. The van der Waals surface area contributed by atoms with E-state index in [1.54, 1.807) is 29.9 Å². The molecule has 6 nitrogen and oxygen atoms in total. The van der Waals surface area contributed by atoms with E-state index >= 15 is 0 Å². The van der Waals surface area contributed by atoms with Crippen molar-refractivity contribution in [3.8, 4) is 0 Å². The van der Waals surface area contributed by atoms with E-state index in [0.717, 1.165) is 18.5 Å². The minimum atomic E-state index is -3.74. The lowest BCUT2D eigenvalue weighted by Gasteiger charge is -2.03. The average Bonchev–Trinajstić information content (AvgIpc) is 3.15. The number of carbonyl (C=O) groups excluding carboxylic acids is 1. The number of anilines is 1. The number of nitrogens with one attached hydrogen (secondary N) is 1. The van der Waals surface area contributed by atoms with Gasteiger partial charge < -0.3 is 9.88 Å². The quantitative estimate of drug-likeness (QED) is 0.730. The first-order valence-corrected chi connectivity index (χ1v) is 10.0. The van der Waals surface area contributed by atoms with Crippen molar-refractivity contribution in [1.29, 1.82) is 0 Å². The molecule has 1 N–H and O–H groups in total. The molecule has 0 spiro atoms. The van der Waals surface area contributed by atoms with Gasteiger partial charge in [-0.05, 0) is 12.5 Å². The Morgan fingerprint density at radius 3 is 2.83 bits per heavy atom. The van der Waals surface area contributed by atoms with Crippen molar-refractivity contribution in [2.45, 2.75) is 24.8 Å². The number of rotatable bonds is 6. The van der Waals surface area contributed by atoms with Crippen molar-refractivity contribution < 1.29 is 13.2 Å². The highest BCUT2D eigenvalue weighted by atomic mass is 32.2. The molecule has 0 bridgehead atoms. The number of benzene rings is 1. The maximum atomic E-state index is 12.7. The molecule has 0 atom stereocenters. The zero-order chi connectivity index (χ0) is 17.2. The second-order valence-electron chi connectivity index (χ2n) is 5.35. The lowest BCUT2D eigenvalue weighted by atomic mass is 10.2. The Kier molecular flexibility index (Phi) is 4.68. The summed E-state index contributed by atoms with van der Waals surface area (Å²) in [7, 11) is -3.74. The van der Waals surface area contributed by atoms with Crippen LogP contribution < -0.4 is 5.32 Å². The van der Waals surface area contributed by atoms with Crippen LogP contribution >= 0.6 is 11.3 Å². The van der Waals surface area contributed by atoms with Gasteiger partial charge in [-0.2, -0.15) is 0 Å². The van der Waals surface area contributed by atoms with E-state index in [2.05, 4.69) is 10.3 Å². The van der Waals surface area contributed by atoms with Crippen molar-refractivity contribution in [3.63, 3.8) is 0 Å². The maximum Gasteiger partial charge on any atom is 0.241 e. The molecule has 0 radical (unpaired) electrons. The summed E-state index contributed by atoms with van der Waals surface area (Å²) >= 11 is 1.24. The standard InChI is InChI=1S/C16H17N3O3S2/c1-2-8-19-10-14(12-5-3-4-6-13(12)19)24(21,22)11-15(20)18-16-17-7-9-23-16/h3-7,9-10H,2,8,11H2,1H3,(H,17,18,20). The van der Waals surface area contributed by atoms with Gasteiger partial charge in [0.25, 0.3) is 0 Å². The van der Waals surface area contributed by atoms with Gasteiger partial charge in [-0.3, -0.25) is 4.79 Å². The first kappa shape index (κ1) is 16.7. The van der Waals surface area contributed by atoms with Gasteiger partial charge >= 0.3 is 0 Å². The highest BCUT2D eigenvalue weighted by molar-refractivity contribution is 7.92. The Morgan fingerprint density at radius 1 is 1.33 bits per heavy atom. The summed E-state index contributed by atoms with van der Waals surface area (Å²) in [5.41, 5.74) is 0.859. The van der Waals surface area contributed by atoms with E-state index < -0.39 is 21.5 Å². The largest absolute Gasteiger partial charge is 0.346 e. The van der Waals surface area contributed by atoms with E-state index in [0.29, 0.717) is 10.5 Å². The number of amides is 1. The Morgan fingerprint density at radius 2 is 2.12 bits per heavy atom. The van der Waals surface area contributed by atoms with E-state index in [-0.39, 0.29) is 4.90 Å². The first-order chi connectivity index (χ1) is 11.5. The second-order valence-corrected chi connectivity index (χ2v) is 8.20. The highest BCUT2D eigenvalue weighted by Gasteiger charge is 2.24. The van der Waals surface area contributed by atoms with Gasteiger partial charge in [0.15, 0.2) is 15.0 Å². The summed E-state index contributed by atoms with van der Waals surface area (Å²) < 4.78 is 27.3. The molecule has 2 aromatic heterocycles. The molecule has 0 unspecified atom stereocenters. The van der Waals surface area contributed by atoms with Crippen molar-refractivity contribution in [2.75, 3.05) is 11.1 Å². The monoisotopic (exact) mass is 363 g/mol. The summed E-state index contributed by atoms with van der Waals surface area (Å²) in [4.78, 5) is 16.2. The van der Waals surface area contributed by atoms with Crippen LogP contribution in [0, 0.1) is 0 Å². The lowest BCUT2D eigenvalue weighted by molar-refractivity contribution is -0.113. The molecule has 8 heteroatoms. The molecule has 24 heavy (non-hydrogen) atoms. The van der Waals surface area contributed by atoms with Gasteiger partial charge in [0, 0.05) is 35.2 Å². The molecule has 0 aliphatic heterocycles. The SMILES string of the molecule is CCCn1cc(S(=O)(=O)CC(=O)Nc2nccs2)c2ccccc21. The number of aryl methyl sites for hydroxylation is 1. The van der Waals surface area contributed by atoms with E-state index in [1.807, 2.05) is 23.6 Å². The fraction of sp³-hybridized carbons (Fsp3) is 0.250. The van der Waals surface area contributed by atoms with Crippen LogP contribution in [0.5, 0.6) is 0 Å². The number of aromatic nitrogens is 2. The third-order valence-electron chi connectivity index (χ3n) is 3.55. The van der Waals surface area contributed by atoms with E-state index in [1.165, 1.54) is 11.3 Å². The summed E-state index contributed by atoms with van der Waals surface area (Å²) in [6.07, 6.45) is 4.07. The Balaban J connectivity index is 1.92. The molecule has 0 saturated heterocycles. The molecule has 1 aromatic carbocycles. The smallest absolute Gasteiger partial charge is 0.241 e. The van der Waals surface area contributed by atoms with Gasteiger partial charge in [-0.15, -0.1) is 11.3 Å². The highest BCUT2D eigenvalue weighted by Crippen LogP contribution is 2.26. The van der Waals surface area contributed by atoms with E-state index in [9.17, 15) is 13.2 Å². The summed E-state index contributed by atoms with van der Waals surface area (Å²) in [5, 5.41) is 5.26. The summed E-state index contributed by atoms with van der Waals surface area (Å²) in [6, 6.07) is 7.33. The number of hydrogen-bond acceptors (Lipinski definition) is 5. The van der Waals surface area contributed by atoms with Crippen LogP contribution in [0.15, 0.2) is 46.9 Å². The molecular formula is C16H17N3O3S2. The summed E-state index contributed by atoms with van der Waals surface area (Å²) in [6.45, 7) is 2.76. The third-order valence-corrected chi connectivity index (χ3v) is 5.88.